The molecule has 1 aromatic rings. The van der Waals surface area contributed by atoms with E-state index >= 15 is 0 Å². The number of nitrogens with zero attached hydrogens (tertiary/aromatic N) is 4. The molecule has 1 aromatic heterocycles. The second kappa shape index (κ2) is 6.42. The van der Waals surface area contributed by atoms with Gasteiger partial charge in [0.1, 0.15) is 5.69 Å². The molecule has 2 heterocycles. The second-order valence-corrected chi connectivity index (χ2v) is 6.14. The summed E-state index contributed by atoms with van der Waals surface area (Å²) in [6.07, 6.45) is 7.51. The van der Waals surface area contributed by atoms with Gasteiger partial charge in [0.15, 0.2) is 0 Å². The van der Waals surface area contributed by atoms with Crippen LogP contribution < -0.4 is 0 Å². The fourth-order valence-electron chi connectivity index (χ4n) is 3.23. The maximum absolute atomic E-state index is 12.4. The Hall–Kier alpha value is -1.98. The number of aryl methyl sites for hydroxylation is 1. The van der Waals surface area contributed by atoms with E-state index in [0.29, 0.717) is 31.9 Å². The van der Waals surface area contributed by atoms with Crippen molar-refractivity contribution in [1.82, 2.24) is 19.8 Å². The molecule has 0 unspecified atom stereocenters. The standard InChI is InChI=1S/C16H22N4O2/c1-12-10-18-14(11-17-12)16(22)20-8-6-19(7-9-20)15(21)13-4-2-3-5-13/h10-11,13H,2-9H2,1H3. The third kappa shape index (κ3) is 3.10. The van der Waals surface area contributed by atoms with Crippen LogP contribution in [-0.4, -0.2) is 57.8 Å². The molecule has 0 aromatic carbocycles. The van der Waals surface area contributed by atoms with Crippen molar-refractivity contribution in [1.29, 1.82) is 0 Å². The van der Waals surface area contributed by atoms with Crippen molar-refractivity contribution >= 4 is 11.8 Å². The summed E-state index contributed by atoms with van der Waals surface area (Å²) in [5, 5.41) is 0. The van der Waals surface area contributed by atoms with Crippen molar-refractivity contribution in [2.24, 2.45) is 5.92 Å². The molecular weight excluding hydrogens is 280 g/mol. The zero-order valence-corrected chi connectivity index (χ0v) is 13.0. The van der Waals surface area contributed by atoms with E-state index in [-0.39, 0.29) is 17.7 Å². The Balaban J connectivity index is 1.56. The molecule has 0 N–H and O–H groups in total. The van der Waals surface area contributed by atoms with E-state index in [1.807, 2.05) is 11.8 Å². The van der Waals surface area contributed by atoms with Crippen LogP contribution in [0.25, 0.3) is 0 Å². The van der Waals surface area contributed by atoms with Crippen molar-refractivity contribution in [2.75, 3.05) is 26.2 Å². The summed E-state index contributed by atoms with van der Waals surface area (Å²) in [7, 11) is 0. The van der Waals surface area contributed by atoms with Gasteiger partial charge >= 0.3 is 0 Å². The highest BCUT2D eigenvalue weighted by Gasteiger charge is 2.30. The largest absolute Gasteiger partial charge is 0.339 e. The molecule has 3 rings (SSSR count). The number of rotatable bonds is 2. The Morgan fingerprint density at radius 1 is 1.00 bits per heavy atom. The highest BCUT2D eigenvalue weighted by molar-refractivity contribution is 5.92. The maximum atomic E-state index is 12.4. The minimum absolute atomic E-state index is 0.0968. The number of piperazine rings is 1. The van der Waals surface area contributed by atoms with Gasteiger partial charge in [-0.1, -0.05) is 12.8 Å². The van der Waals surface area contributed by atoms with Crippen LogP contribution in [0.3, 0.4) is 0 Å². The normalized spacial score (nSPS) is 19.5. The average Bonchev–Trinajstić information content (AvgIpc) is 3.09. The lowest BCUT2D eigenvalue weighted by Gasteiger charge is -2.35. The quantitative estimate of drug-likeness (QED) is 0.825. The van der Waals surface area contributed by atoms with Crippen molar-refractivity contribution in [2.45, 2.75) is 32.6 Å². The van der Waals surface area contributed by atoms with Gasteiger partial charge < -0.3 is 9.80 Å². The second-order valence-electron chi connectivity index (χ2n) is 6.14. The summed E-state index contributed by atoms with van der Waals surface area (Å²) in [5.74, 6) is 0.394. The van der Waals surface area contributed by atoms with Crippen molar-refractivity contribution in [3.63, 3.8) is 0 Å². The molecule has 1 aliphatic carbocycles. The summed E-state index contributed by atoms with van der Waals surface area (Å²) in [6.45, 7) is 4.25. The molecule has 2 fully saturated rings. The number of carbonyl (C=O) groups is 2. The molecule has 1 aliphatic heterocycles. The van der Waals surface area contributed by atoms with Gasteiger partial charge in [0, 0.05) is 38.3 Å². The number of hydrogen-bond donors (Lipinski definition) is 0. The average molecular weight is 302 g/mol. The minimum atomic E-state index is -0.0968. The van der Waals surface area contributed by atoms with E-state index in [9.17, 15) is 9.59 Å². The number of amides is 2. The zero-order chi connectivity index (χ0) is 15.5. The maximum Gasteiger partial charge on any atom is 0.274 e. The Morgan fingerprint density at radius 2 is 1.64 bits per heavy atom. The van der Waals surface area contributed by atoms with Crippen LogP contribution in [-0.2, 0) is 4.79 Å². The van der Waals surface area contributed by atoms with Crippen molar-refractivity contribution in [3.05, 3.63) is 23.8 Å². The SMILES string of the molecule is Cc1cnc(C(=O)N2CCN(C(=O)C3CCCC3)CC2)cn1. The van der Waals surface area contributed by atoms with Gasteiger partial charge in [0.25, 0.3) is 5.91 Å². The van der Waals surface area contributed by atoms with E-state index in [1.165, 1.54) is 19.0 Å². The fraction of sp³-hybridized carbons (Fsp3) is 0.625. The van der Waals surface area contributed by atoms with Gasteiger partial charge in [-0.15, -0.1) is 0 Å². The van der Waals surface area contributed by atoms with Crippen LogP contribution in [0.15, 0.2) is 12.4 Å². The highest BCUT2D eigenvalue weighted by Crippen LogP contribution is 2.27. The molecule has 0 radical (unpaired) electrons. The molecular formula is C16H22N4O2. The Labute approximate surface area is 130 Å². The van der Waals surface area contributed by atoms with Crippen LogP contribution in [0.5, 0.6) is 0 Å². The first kappa shape index (κ1) is 14.9. The predicted octanol–water partition coefficient (Wildman–Crippen LogP) is 1.26. The topological polar surface area (TPSA) is 66.4 Å². The van der Waals surface area contributed by atoms with E-state index in [2.05, 4.69) is 9.97 Å². The molecule has 1 saturated heterocycles. The van der Waals surface area contributed by atoms with E-state index in [4.69, 9.17) is 0 Å². The van der Waals surface area contributed by atoms with E-state index in [1.54, 1.807) is 11.1 Å². The molecule has 2 amide bonds. The Bertz CT molecular complexity index is 544. The number of hydrogen-bond acceptors (Lipinski definition) is 4. The molecule has 118 valence electrons. The van der Waals surface area contributed by atoms with Crippen LogP contribution in [0.4, 0.5) is 0 Å². The number of aromatic nitrogens is 2. The fourth-order valence-corrected chi connectivity index (χ4v) is 3.23. The van der Waals surface area contributed by atoms with Gasteiger partial charge in [-0.05, 0) is 19.8 Å². The van der Waals surface area contributed by atoms with Gasteiger partial charge in [-0.2, -0.15) is 0 Å². The summed E-state index contributed by atoms with van der Waals surface area (Å²) >= 11 is 0. The third-order valence-electron chi connectivity index (χ3n) is 4.58. The molecule has 0 atom stereocenters. The molecule has 0 spiro atoms. The van der Waals surface area contributed by atoms with E-state index in [0.717, 1.165) is 18.5 Å². The van der Waals surface area contributed by atoms with Crippen LogP contribution in [0.2, 0.25) is 0 Å². The third-order valence-corrected chi connectivity index (χ3v) is 4.58. The minimum Gasteiger partial charge on any atom is -0.339 e. The molecule has 2 aliphatic rings. The van der Waals surface area contributed by atoms with Crippen LogP contribution in [0, 0.1) is 12.8 Å². The van der Waals surface area contributed by atoms with Gasteiger partial charge in [-0.25, -0.2) is 4.98 Å². The lowest BCUT2D eigenvalue weighted by molar-refractivity contribution is -0.136. The van der Waals surface area contributed by atoms with Crippen LogP contribution >= 0.6 is 0 Å². The lowest BCUT2D eigenvalue weighted by atomic mass is 10.1. The molecule has 0 bridgehead atoms. The molecule has 6 heteroatoms. The monoisotopic (exact) mass is 302 g/mol. The Kier molecular flexibility index (Phi) is 4.36. The summed E-state index contributed by atoms with van der Waals surface area (Å²) in [6, 6.07) is 0. The summed E-state index contributed by atoms with van der Waals surface area (Å²) in [4.78, 5) is 36.7. The smallest absolute Gasteiger partial charge is 0.274 e. The van der Waals surface area contributed by atoms with Crippen molar-refractivity contribution < 1.29 is 9.59 Å². The van der Waals surface area contributed by atoms with E-state index < -0.39 is 0 Å². The summed E-state index contributed by atoms with van der Waals surface area (Å²) < 4.78 is 0. The Morgan fingerprint density at radius 3 is 2.23 bits per heavy atom. The molecule has 6 nitrogen and oxygen atoms in total. The lowest BCUT2D eigenvalue weighted by Crippen LogP contribution is -2.51. The number of carbonyl (C=O) groups excluding carboxylic acids is 2. The van der Waals surface area contributed by atoms with Crippen molar-refractivity contribution in [3.8, 4) is 0 Å². The highest BCUT2D eigenvalue weighted by atomic mass is 16.2. The van der Waals surface area contributed by atoms with Crippen LogP contribution in [0.1, 0.15) is 41.9 Å². The molecule has 1 saturated carbocycles. The van der Waals surface area contributed by atoms with Gasteiger partial charge in [0.05, 0.1) is 11.9 Å². The first-order valence-electron chi connectivity index (χ1n) is 8.02. The first-order chi connectivity index (χ1) is 10.6. The summed E-state index contributed by atoms with van der Waals surface area (Å²) in [5.41, 5.74) is 1.17. The predicted molar refractivity (Wildman–Crippen MR) is 81.2 cm³/mol. The van der Waals surface area contributed by atoms with Gasteiger partial charge in [-0.3, -0.25) is 14.6 Å². The van der Waals surface area contributed by atoms with Gasteiger partial charge in [0.2, 0.25) is 5.91 Å². The zero-order valence-electron chi connectivity index (χ0n) is 13.0. The first-order valence-corrected chi connectivity index (χ1v) is 8.02. The molecule has 22 heavy (non-hydrogen) atoms.